The average molecular weight is 347 g/mol. The molecule has 11 heteroatoms. The van der Waals surface area contributed by atoms with Crippen LogP contribution in [0.5, 0.6) is 0 Å². The first kappa shape index (κ1) is 17.2. The highest BCUT2D eigenvalue weighted by molar-refractivity contribution is 5.84. The number of aromatic nitrogens is 4. The summed E-state index contributed by atoms with van der Waals surface area (Å²) in [6.07, 6.45) is 3.08. The quantitative estimate of drug-likeness (QED) is 0.296. The van der Waals surface area contributed by atoms with E-state index >= 15 is 0 Å². The molecule has 1 aliphatic rings. The minimum atomic E-state index is -0.551. The van der Waals surface area contributed by atoms with Crippen LogP contribution in [0.3, 0.4) is 0 Å². The normalized spacial score (nSPS) is 22.9. The molecule has 2 aromatic rings. The molecule has 134 valence electrons. The third-order valence-electron chi connectivity index (χ3n) is 4.16. The van der Waals surface area contributed by atoms with Gasteiger partial charge in [0.15, 0.2) is 11.5 Å². The Kier molecular flexibility index (Phi) is 5.17. The summed E-state index contributed by atoms with van der Waals surface area (Å²) in [5, 5.41) is 16.4. The van der Waals surface area contributed by atoms with Crippen molar-refractivity contribution in [1.82, 2.24) is 19.5 Å². The summed E-state index contributed by atoms with van der Waals surface area (Å²) in [6.45, 7) is 2.63. The zero-order valence-electron chi connectivity index (χ0n) is 13.9. The van der Waals surface area contributed by atoms with Crippen LogP contribution >= 0.6 is 0 Å². The Morgan fingerprint density at radius 3 is 3.12 bits per heavy atom. The van der Waals surface area contributed by atoms with Crippen molar-refractivity contribution in [2.24, 2.45) is 5.11 Å². The second-order valence-electron chi connectivity index (χ2n) is 5.85. The molecular weight excluding hydrogens is 326 g/mol. The van der Waals surface area contributed by atoms with E-state index in [1.165, 1.54) is 0 Å². The van der Waals surface area contributed by atoms with Crippen molar-refractivity contribution in [1.29, 1.82) is 0 Å². The smallest absolute Gasteiger partial charge is 0.224 e. The van der Waals surface area contributed by atoms with Crippen molar-refractivity contribution < 1.29 is 9.84 Å². The molecule has 0 radical (unpaired) electrons. The van der Waals surface area contributed by atoms with E-state index in [1.54, 1.807) is 10.9 Å². The zero-order chi connectivity index (χ0) is 17.8. The lowest BCUT2D eigenvalue weighted by Crippen LogP contribution is -2.22. The van der Waals surface area contributed by atoms with E-state index in [1.807, 2.05) is 0 Å². The van der Waals surface area contributed by atoms with Gasteiger partial charge in [-0.05, 0) is 12.0 Å². The number of nitrogens with zero attached hydrogens (tertiary/aromatic N) is 7. The summed E-state index contributed by atoms with van der Waals surface area (Å²) in [6, 6.07) is -0.441. The molecule has 4 N–H and O–H groups in total. The van der Waals surface area contributed by atoms with Gasteiger partial charge in [-0.15, -0.1) is 0 Å². The highest BCUT2D eigenvalue weighted by Crippen LogP contribution is 2.34. The number of fused-ring (bicyclic) bond motifs is 1. The van der Waals surface area contributed by atoms with Gasteiger partial charge in [0.1, 0.15) is 11.7 Å². The SMILES string of the molecule is CCCCNc1nc(N)nc2ncn([C@H]3CC(N=[N+]=[N-])[C@@H](CO)O3)c12. The summed E-state index contributed by atoms with van der Waals surface area (Å²) in [5.41, 5.74) is 15.6. The lowest BCUT2D eigenvalue weighted by Gasteiger charge is -2.16. The Hall–Kier alpha value is -2.62. The molecule has 25 heavy (non-hydrogen) atoms. The summed E-state index contributed by atoms with van der Waals surface area (Å²) >= 11 is 0. The van der Waals surface area contributed by atoms with E-state index in [2.05, 4.69) is 37.2 Å². The van der Waals surface area contributed by atoms with Gasteiger partial charge in [-0.3, -0.25) is 4.57 Å². The summed E-state index contributed by atoms with van der Waals surface area (Å²) < 4.78 is 7.62. The number of anilines is 2. The molecule has 0 bridgehead atoms. The topological polar surface area (TPSA) is 160 Å². The molecular formula is C14H21N9O2. The van der Waals surface area contributed by atoms with Crippen LogP contribution in [0.2, 0.25) is 0 Å². The number of nitrogens with one attached hydrogen (secondary N) is 1. The van der Waals surface area contributed by atoms with Crippen molar-refractivity contribution in [2.45, 2.75) is 44.6 Å². The molecule has 1 aliphatic heterocycles. The molecule has 1 unspecified atom stereocenters. The van der Waals surface area contributed by atoms with E-state index < -0.39 is 18.4 Å². The van der Waals surface area contributed by atoms with Crippen LogP contribution in [-0.4, -0.2) is 49.9 Å². The van der Waals surface area contributed by atoms with E-state index in [4.69, 9.17) is 16.0 Å². The zero-order valence-corrected chi connectivity index (χ0v) is 13.9. The molecule has 0 saturated carbocycles. The van der Waals surface area contributed by atoms with Gasteiger partial charge >= 0.3 is 0 Å². The molecule has 0 aromatic carbocycles. The fraction of sp³-hybridized carbons (Fsp3) is 0.643. The Morgan fingerprint density at radius 2 is 2.40 bits per heavy atom. The van der Waals surface area contributed by atoms with Crippen molar-refractivity contribution in [2.75, 3.05) is 24.2 Å². The second-order valence-corrected chi connectivity index (χ2v) is 5.85. The standard InChI is InChI=1S/C14H21N9O2/c1-2-3-4-17-12-11-13(20-14(15)19-12)18-7-23(11)10-5-8(21-22-16)9(6-24)25-10/h7-10,24H,2-6H2,1H3,(H3,15,17,19,20)/t8?,9-,10-/m1/s1. The number of nitrogen functional groups attached to an aromatic ring is 1. The van der Waals surface area contributed by atoms with Crippen LogP contribution in [0.4, 0.5) is 11.8 Å². The maximum atomic E-state index is 9.44. The number of hydrogen-bond donors (Lipinski definition) is 3. The first-order chi connectivity index (χ1) is 12.2. The van der Waals surface area contributed by atoms with Crippen LogP contribution in [0.25, 0.3) is 21.6 Å². The monoisotopic (exact) mass is 347 g/mol. The van der Waals surface area contributed by atoms with Crippen molar-refractivity contribution >= 4 is 22.9 Å². The largest absolute Gasteiger partial charge is 0.394 e. The molecule has 1 saturated heterocycles. The van der Waals surface area contributed by atoms with Gasteiger partial charge in [-0.1, -0.05) is 18.5 Å². The van der Waals surface area contributed by atoms with E-state index in [-0.39, 0.29) is 12.6 Å². The van der Waals surface area contributed by atoms with Gasteiger partial charge < -0.3 is 20.9 Å². The Labute approximate surface area is 143 Å². The van der Waals surface area contributed by atoms with Crippen LogP contribution in [0.15, 0.2) is 11.4 Å². The van der Waals surface area contributed by atoms with Crippen molar-refractivity contribution in [3.63, 3.8) is 0 Å². The van der Waals surface area contributed by atoms with Crippen LogP contribution < -0.4 is 11.1 Å². The number of ether oxygens (including phenoxy) is 1. The van der Waals surface area contributed by atoms with Crippen molar-refractivity contribution in [3.05, 3.63) is 16.8 Å². The third kappa shape index (κ3) is 3.43. The van der Waals surface area contributed by atoms with Gasteiger partial charge in [0, 0.05) is 17.9 Å². The molecule has 0 amide bonds. The molecule has 3 rings (SSSR count). The number of aliphatic hydroxyl groups is 1. The summed E-state index contributed by atoms with van der Waals surface area (Å²) in [4.78, 5) is 15.5. The van der Waals surface area contributed by atoms with Crippen molar-refractivity contribution in [3.8, 4) is 0 Å². The first-order valence-corrected chi connectivity index (χ1v) is 8.22. The Morgan fingerprint density at radius 1 is 1.56 bits per heavy atom. The second kappa shape index (κ2) is 7.51. The summed E-state index contributed by atoms with van der Waals surface area (Å²) in [7, 11) is 0. The van der Waals surface area contributed by atoms with E-state index in [0.29, 0.717) is 23.4 Å². The lowest BCUT2D eigenvalue weighted by molar-refractivity contribution is -0.0230. The molecule has 0 aliphatic carbocycles. The fourth-order valence-corrected chi connectivity index (χ4v) is 2.93. The maximum Gasteiger partial charge on any atom is 0.224 e. The summed E-state index contributed by atoms with van der Waals surface area (Å²) in [5.74, 6) is 0.731. The minimum Gasteiger partial charge on any atom is -0.394 e. The molecule has 0 spiro atoms. The van der Waals surface area contributed by atoms with Gasteiger partial charge in [0.05, 0.1) is 25.1 Å². The molecule has 1 fully saturated rings. The number of rotatable bonds is 7. The van der Waals surface area contributed by atoms with Crippen LogP contribution in [0, 0.1) is 0 Å². The molecule has 3 atom stereocenters. The number of hydrogen-bond acceptors (Lipinski definition) is 8. The Bertz CT molecular complexity index is 786. The third-order valence-corrected chi connectivity index (χ3v) is 4.16. The van der Waals surface area contributed by atoms with Gasteiger partial charge in [-0.25, -0.2) is 4.98 Å². The molecule has 3 heterocycles. The predicted octanol–water partition coefficient (Wildman–Crippen LogP) is 1.58. The molecule has 11 nitrogen and oxygen atoms in total. The molecule has 2 aromatic heterocycles. The minimum absolute atomic E-state index is 0.143. The number of unbranched alkanes of at least 4 members (excludes halogenated alkanes) is 1. The average Bonchev–Trinajstić information content (AvgIpc) is 3.19. The lowest BCUT2D eigenvalue weighted by atomic mass is 10.1. The maximum absolute atomic E-state index is 9.44. The highest BCUT2D eigenvalue weighted by atomic mass is 16.5. The van der Waals surface area contributed by atoms with Crippen LogP contribution in [0.1, 0.15) is 32.4 Å². The Balaban J connectivity index is 1.95. The van der Waals surface area contributed by atoms with E-state index in [0.717, 1.165) is 19.4 Å². The number of azide groups is 1. The predicted molar refractivity (Wildman–Crippen MR) is 91.7 cm³/mol. The fourth-order valence-electron chi connectivity index (χ4n) is 2.93. The number of aliphatic hydroxyl groups excluding tert-OH is 1. The van der Waals surface area contributed by atoms with Crippen LogP contribution in [-0.2, 0) is 4.74 Å². The van der Waals surface area contributed by atoms with E-state index in [9.17, 15) is 5.11 Å². The number of imidazole rings is 1. The van der Waals surface area contributed by atoms with Gasteiger partial charge in [-0.2, -0.15) is 9.97 Å². The highest BCUT2D eigenvalue weighted by Gasteiger charge is 2.36. The van der Waals surface area contributed by atoms with Gasteiger partial charge in [0.2, 0.25) is 5.95 Å². The number of nitrogens with two attached hydrogens (primary N) is 1. The van der Waals surface area contributed by atoms with Gasteiger partial charge in [0.25, 0.3) is 0 Å². The first-order valence-electron chi connectivity index (χ1n) is 8.22.